The van der Waals surface area contributed by atoms with Crippen LogP contribution in [-0.4, -0.2) is 44.0 Å². The second-order valence-electron chi connectivity index (χ2n) is 5.79. The van der Waals surface area contributed by atoms with E-state index in [0.717, 1.165) is 16.5 Å². The van der Waals surface area contributed by atoms with Crippen LogP contribution in [-0.2, 0) is 9.84 Å². The third-order valence-electron chi connectivity index (χ3n) is 4.29. The summed E-state index contributed by atoms with van der Waals surface area (Å²) in [5.41, 5.74) is 7.46. The molecule has 1 aromatic carbocycles. The summed E-state index contributed by atoms with van der Waals surface area (Å²) in [5, 5.41) is 0. The highest BCUT2D eigenvalue weighted by molar-refractivity contribution is 9.10. The third kappa shape index (κ3) is 4.06. The van der Waals surface area contributed by atoms with E-state index < -0.39 is 9.84 Å². The average Bonchev–Trinajstić information content (AvgIpc) is 2.79. The fraction of sp³-hybridized carbons (Fsp3) is 0.600. The second-order valence-corrected chi connectivity index (χ2v) is 8.94. The first-order chi connectivity index (χ1) is 9.84. The molecule has 1 aliphatic rings. The highest BCUT2D eigenvalue weighted by Crippen LogP contribution is 2.30. The first kappa shape index (κ1) is 16.9. The van der Waals surface area contributed by atoms with Crippen LogP contribution in [0.25, 0.3) is 0 Å². The quantitative estimate of drug-likeness (QED) is 0.858. The highest BCUT2D eigenvalue weighted by atomic mass is 79.9. The molecule has 0 radical (unpaired) electrons. The van der Waals surface area contributed by atoms with Gasteiger partial charge in [0.2, 0.25) is 0 Å². The van der Waals surface area contributed by atoms with Gasteiger partial charge in [-0.3, -0.25) is 4.90 Å². The molecule has 0 spiro atoms. The topological polar surface area (TPSA) is 63.4 Å². The smallest absolute Gasteiger partial charge is 0.151 e. The van der Waals surface area contributed by atoms with Crippen LogP contribution >= 0.6 is 15.9 Å². The molecule has 3 atom stereocenters. The lowest BCUT2D eigenvalue weighted by Crippen LogP contribution is -2.44. The highest BCUT2D eigenvalue weighted by Gasteiger charge is 2.35. The SMILES string of the molecule is CCC(N)C(c1cccc(Br)c1)N(C)C1CCS(=O)(=O)C1. The lowest BCUT2D eigenvalue weighted by Gasteiger charge is -2.36. The van der Waals surface area contributed by atoms with Crippen molar-refractivity contribution < 1.29 is 8.42 Å². The maximum atomic E-state index is 11.7. The largest absolute Gasteiger partial charge is 0.326 e. The molecule has 0 amide bonds. The summed E-state index contributed by atoms with van der Waals surface area (Å²) < 4.78 is 24.5. The predicted molar refractivity (Wildman–Crippen MR) is 90.0 cm³/mol. The molecule has 1 saturated heterocycles. The molecule has 6 heteroatoms. The normalized spacial score (nSPS) is 24.1. The van der Waals surface area contributed by atoms with Crippen molar-refractivity contribution in [2.24, 2.45) is 5.73 Å². The van der Waals surface area contributed by atoms with Gasteiger partial charge >= 0.3 is 0 Å². The summed E-state index contributed by atoms with van der Waals surface area (Å²) in [7, 11) is -0.896. The zero-order valence-corrected chi connectivity index (χ0v) is 14.9. The molecule has 2 N–H and O–H groups in total. The van der Waals surface area contributed by atoms with E-state index in [9.17, 15) is 8.42 Å². The zero-order valence-electron chi connectivity index (χ0n) is 12.5. The molecular weight excluding hydrogens is 352 g/mol. The molecule has 118 valence electrons. The molecule has 0 saturated carbocycles. The lowest BCUT2D eigenvalue weighted by atomic mass is 9.95. The van der Waals surface area contributed by atoms with Crippen molar-refractivity contribution in [3.8, 4) is 0 Å². The maximum absolute atomic E-state index is 11.7. The summed E-state index contributed by atoms with van der Waals surface area (Å²) >= 11 is 3.50. The van der Waals surface area contributed by atoms with E-state index in [1.807, 2.05) is 19.2 Å². The van der Waals surface area contributed by atoms with E-state index in [1.165, 1.54) is 0 Å². The molecule has 1 fully saturated rings. The Kier molecular flexibility index (Phi) is 5.46. The average molecular weight is 375 g/mol. The number of halogens is 1. The van der Waals surface area contributed by atoms with Gasteiger partial charge in [0.1, 0.15) is 0 Å². The van der Waals surface area contributed by atoms with E-state index >= 15 is 0 Å². The number of nitrogens with zero attached hydrogens (tertiary/aromatic N) is 1. The Balaban J connectivity index is 2.28. The number of sulfone groups is 1. The van der Waals surface area contributed by atoms with E-state index in [1.54, 1.807) is 0 Å². The Morgan fingerprint density at radius 1 is 1.48 bits per heavy atom. The molecule has 0 aliphatic carbocycles. The van der Waals surface area contributed by atoms with Crippen molar-refractivity contribution in [1.82, 2.24) is 4.90 Å². The summed E-state index contributed by atoms with van der Waals surface area (Å²) in [6, 6.07) is 8.17. The summed E-state index contributed by atoms with van der Waals surface area (Å²) in [5.74, 6) is 0.527. The number of hydrogen-bond donors (Lipinski definition) is 1. The van der Waals surface area contributed by atoms with Gasteiger partial charge in [0.05, 0.1) is 11.5 Å². The zero-order chi connectivity index (χ0) is 15.6. The van der Waals surface area contributed by atoms with Crippen molar-refractivity contribution in [2.45, 2.75) is 37.9 Å². The Bertz CT molecular complexity index is 591. The van der Waals surface area contributed by atoms with Crippen LogP contribution in [0.15, 0.2) is 28.7 Å². The fourth-order valence-corrected chi connectivity index (χ4v) is 5.22. The minimum absolute atomic E-state index is 0.0207. The fourth-order valence-electron chi connectivity index (χ4n) is 3.02. The molecular formula is C15H23BrN2O2S. The van der Waals surface area contributed by atoms with Gasteiger partial charge in [-0.1, -0.05) is 35.0 Å². The molecule has 2 rings (SSSR count). The number of likely N-dealkylation sites (N-methyl/N-ethyl adjacent to an activating group) is 1. The summed E-state index contributed by atoms with van der Waals surface area (Å²) in [4.78, 5) is 2.15. The van der Waals surface area contributed by atoms with Gasteiger partial charge < -0.3 is 5.73 Å². The van der Waals surface area contributed by atoms with E-state index in [2.05, 4.69) is 39.9 Å². The van der Waals surface area contributed by atoms with Crippen LogP contribution in [0.1, 0.15) is 31.4 Å². The Labute approximate surface area is 135 Å². The molecule has 1 heterocycles. The van der Waals surface area contributed by atoms with Crippen LogP contribution in [0.4, 0.5) is 0 Å². The van der Waals surface area contributed by atoms with Crippen molar-refractivity contribution in [3.05, 3.63) is 34.3 Å². The first-order valence-electron chi connectivity index (χ1n) is 7.27. The van der Waals surface area contributed by atoms with Gasteiger partial charge in [0.15, 0.2) is 9.84 Å². The monoisotopic (exact) mass is 374 g/mol. The van der Waals surface area contributed by atoms with Gasteiger partial charge in [0.25, 0.3) is 0 Å². The van der Waals surface area contributed by atoms with E-state index in [0.29, 0.717) is 6.42 Å². The van der Waals surface area contributed by atoms with Gasteiger partial charge in [-0.2, -0.15) is 0 Å². The van der Waals surface area contributed by atoms with Crippen molar-refractivity contribution in [2.75, 3.05) is 18.6 Å². The van der Waals surface area contributed by atoms with Crippen LogP contribution in [0.2, 0.25) is 0 Å². The van der Waals surface area contributed by atoms with Crippen molar-refractivity contribution in [1.29, 1.82) is 0 Å². The number of rotatable bonds is 5. The van der Waals surface area contributed by atoms with E-state index in [-0.39, 0.29) is 29.6 Å². The molecule has 3 unspecified atom stereocenters. The lowest BCUT2D eigenvalue weighted by molar-refractivity contribution is 0.161. The van der Waals surface area contributed by atoms with Crippen LogP contribution < -0.4 is 5.73 Å². The molecule has 21 heavy (non-hydrogen) atoms. The number of hydrogen-bond acceptors (Lipinski definition) is 4. The first-order valence-corrected chi connectivity index (χ1v) is 9.89. The van der Waals surface area contributed by atoms with Crippen molar-refractivity contribution in [3.63, 3.8) is 0 Å². The Morgan fingerprint density at radius 2 is 2.19 bits per heavy atom. The van der Waals surface area contributed by atoms with E-state index in [4.69, 9.17) is 5.73 Å². The molecule has 0 bridgehead atoms. The molecule has 1 aliphatic heterocycles. The van der Waals surface area contributed by atoms with Crippen LogP contribution in [0, 0.1) is 0 Å². The minimum Gasteiger partial charge on any atom is -0.326 e. The summed E-state index contributed by atoms with van der Waals surface area (Å²) in [6.45, 7) is 2.06. The number of nitrogens with two attached hydrogens (primary N) is 1. The standard InChI is InChI=1S/C15H23BrN2O2S/c1-3-14(17)15(11-5-4-6-12(16)9-11)18(2)13-7-8-21(19,20)10-13/h4-6,9,13-15H,3,7-8,10,17H2,1-2H3. The van der Waals surface area contributed by atoms with Gasteiger partial charge in [0, 0.05) is 22.6 Å². The minimum atomic E-state index is -2.89. The van der Waals surface area contributed by atoms with Gasteiger partial charge in [-0.15, -0.1) is 0 Å². The second kappa shape index (κ2) is 6.77. The molecule has 4 nitrogen and oxygen atoms in total. The third-order valence-corrected chi connectivity index (χ3v) is 6.53. The van der Waals surface area contributed by atoms with Crippen LogP contribution in [0.3, 0.4) is 0 Å². The predicted octanol–water partition coefficient (Wildman–Crippen LogP) is 2.35. The Morgan fingerprint density at radius 3 is 2.71 bits per heavy atom. The maximum Gasteiger partial charge on any atom is 0.151 e. The number of benzene rings is 1. The van der Waals surface area contributed by atoms with Gasteiger partial charge in [-0.05, 0) is 37.6 Å². The molecule has 1 aromatic rings. The molecule has 0 aromatic heterocycles. The van der Waals surface area contributed by atoms with Gasteiger partial charge in [-0.25, -0.2) is 8.42 Å². The summed E-state index contributed by atoms with van der Waals surface area (Å²) in [6.07, 6.45) is 1.54. The Hall–Kier alpha value is -0.430. The van der Waals surface area contributed by atoms with Crippen LogP contribution in [0.5, 0.6) is 0 Å². The van der Waals surface area contributed by atoms with Crippen molar-refractivity contribution >= 4 is 25.8 Å².